The first-order chi connectivity index (χ1) is 8.19. The van der Waals surface area contributed by atoms with Crippen molar-refractivity contribution in [3.63, 3.8) is 0 Å². The Labute approximate surface area is 108 Å². The van der Waals surface area contributed by atoms with E-state index in [1.165, 1.54) is 35.9 Å². The molecule has 0 aliphatic heterocycles. The zero-order valence-electron chi connectivity index (χ0n) is 9.80. The van der Waals surface area contributed by atoms with Gasteiger partial charge in [-0.25, -0.2) is 0 Å². The molecule has 1 N–H and O–H groups in total. The number of hydrogen-bond donors (Lipinski definition) is 1. The molecule has 1 heterocycles. The maximum Gasteiger partial charge on any atom is 0.319 e. The average Bonchev–Trinajstić information content (AvgIpc) is 2.99. The zero-order chi connectivity index (χ0) is 12.3. The van der Waals surface area contributed by atoms with E-state index in [2.05, 4.69) is 15.5 Å². The fraction of sp³-hybridized carbons (Fsp3) is 0.700. The third kappa shape index (κ3) is 3.85. The van der Waals surface area contributed by atoms with E-state index in [9.17, 15) is 4.79 Å². The average molecular weight is 273 g/mol. The van der Waals surface area contributed by atoms with E-state index in [0.717, 1.165) is 9.47 Å². The third-order valence-electron chi connectivity index (χ3n) is 2.21. The number of esters is 1. The molecule has 0 saturated heterocycles. The van der Waals surface area contributed by atoms with Gasteiger partial charge in [-0.2, -0.15) is 0 Å². The Morgan fingerprint density at radius 1 is 1.65 bits per heavy atom. The van der Waals surface area contributed by atoms with Gasteiger partial charge < -0.3 is 10.1 Å². The van der Waals surface area contributed by atoms with E-state index in [-0.39, 0.29) is 11.2 Å². The molecule has 2 rings (SSSR count). The van der Waals surface area contributed by atoms with Gasteiger partial charge in [0.05, 0.1) is 6.61 Å². The fourth-order valence-electron chi connectivity index (χ4n) is 1.18. The van der Waals surface area contributed by atoms with Crippen LogP contribution in [-0.2, 0) is 9.53 Å². The van der Waals surface area contributed by atoms with Gasteiger partial charge in [-0.3, -0.25) is 4.79 Å². The molecule has 1 saturated carbocycles. The monoisotopic (exact) mass is 273 g/mol. The second kappa shape index (κ2) is 5.68. The first-order valence-electron chi connectivity index (χ1n) is 5.62. The predicted molar refractivity (Wildman–Crippen MR) is 68.5 cm³/mol. The van der Waals surface area contributed by atoms with Gasteiger partial charge in [0, 0.05) is 6.04 Å². The second-order valence-electron chi connectivity index (χ2n) is 3.80. The van der Waals surface area contributed by atoms with Gasteiger partial charge in [-0.05, 0) is 26.7 Å². The minimum atomic E-state index is -0.239. The third-order valence-corrected chi connectivity index (χ3v) is 4.22. The predicted octanol–water partition coefficient (Wildman–Crippen LogP) is 2.16. The van der Waals surface area contributed by atoms with Crippen LogP contribution in [0, 0.1) is 0 Å². The Balaban J connectivity index is 1.84. The van der Waals surface area contributed by atoms with Crippen molar-refractivity contribution in [2.75, 3.05) is 11.9 Å². The molecule has 7 heteroatoms. The van der Waals surface area contributed by atoms with E-state index >= 15 is 0 Å². The lowest BCUT2D eigenvalue weighted by Crippen LogP contribution is -2.16. The number of thioether (sulfide) groups is 1. The first kappa shape index (κ1) is 12.6. The van der Waals surface area contributed by atoms with Crippen molar-refractivity contribution in [2.45, 2.75) is 42.3 Å². The van der Waals surface area contributed by atoms with Crippen molar-refractivity contribution < 1.29 is 9.53 Å². The van der Waals surface area contributed by atoms with Crippen molar-refractivity contribution in [1.29, 1.82) is 0 Å². The van der Waals surface area contributed by atoms with Crippen LogP contribution in [-0.4, -0.2) is 34.1 Å². The van der Waals surface area contributed by atoms with Crippen LogP contribution >= 0.6 is 23.1 Å². The normalized spacial score (nSPS) is 16.6. The topological polar surface area (TPSA) is 64.1 Å². The van der Waals surface area contributed by atoms with E-state index in [1.807, 2.05) is 6.92 Å². The number of aromatic nitrogens is 2. The highest BCUT2D eigenvalue weighted by Gasteiger charge is 2.23. The molecule has 1 aliphatic rings. The summed E-state index contributed by atoms with van der Waals surface area (Å²) in [6, 6.07) is 0.572. The summed E-state index contributed by atoms with van der Waals surface area (Å²) in [5.74, 6) is -0.204. The lowest BCUT2D eigenvalue weighted by Gasteiger charge is -2.06. The molecule has 1 atom stereocenters. The number of carbonyl (C=O) groups excluding carboxylic acids is 1. The Bertz CT molecular complexity index is 393. The van der Waals surface area contributed by atoms with Crippen LogP contribution in [0.3, 0.4) is 0 Å². The van der Waals surface area contributed by atoms with Crippen LogP contribution in [0.15, 0.2) is 4.34 Å². The molecule has 0 bridgehead atoms. The summed E-state index contributed by atoms with van der Waals surface area (Å²) in [5, 5.41) is 12.0. The van der Waals surface area contributed by atoms with Crippen LogP contribution in [0.25, 0.3) is 0 Å². The van der Waals surface area contributed by atoms with E-state index in [0.29, 0.717) is 12.6 Å². The highest BCUT2D eigenvalue weighted by molar-refractivity contribution is 8.02. The second-order valence-corrected chi connectivity index (χ2v) is 6.37. The Hall–Kier alpha value is -0.820. The van der Waals surface area contributed by atoms with Crippen molar-refractivity contribution in [1.82, 2.24) is 10.2 Å². The summed E-state index contributed by atoms with van der Waals surface area (Å²) in [4.78, 5) is 11.4. The number of hydrogen-bond acceptors (Lipinski definition) is 7. The summed E-state index contributed by atoms with van der Waals surface area (Å²) in [6.45, 7) is 4.03. The number of ether oxygens (including phenoxy) is 1. The van der Waals surface area contributed by atoms with E-state index < -0.39 is 0 Å². The molecule has 1 aromatic rings. The number of anilines is 1. The standard InChI is InChI=1S/C10H15N3O2S2/c1-3-15-8(14)6(2)16-10-13-12-9(17-10)11-7-4-5-7/h6-7H,3-5H2,1-2H3,(H,11,12). The number of nitrogens with zero attached hydrogens (tertiary/aromatic N) is 2. The molecular weight excluding hydrogens is 258 g/mol. The maximum atomic E-state index is 11.4. The molecule has 1 aliphatic carbocycles. The molecule has 94 valence electrons. The minimum absolute atomic E-state index is 0.204. The Morgan fingerprint density at radius 2 is 2.41 bits per heavy atom. The van der Waals surface area contributed by atoms with Gasteiger partial charge in [0.15, 0.2) is 4.34 Å². The molecule has 0 radical (unpaired) electrons. The fourth-order valence-corrected chi connectivity index (χ4v) is 3.15. The van der Waals surface area contributed by atoms with Gasteiger partial charge in [-0.1, -0.05) is 23.1 Å². The molecule has 1 unspecified atom stereocenters. The number of nitrogens with one attached hydrogen (secondary N) is 1. The lowest BCUT2D eigenvalue weighted by molar-refractivity contribution is -0.142. The summed E-state index contributed by atoms with van der Waals surface area (Å²) in [5.41, 5.74) is 0. The summed E-state index contributed by atoms with van der Waals surface area (Å²) in [7, 11) is 0. The van der Waals surface area contributed by atoms with Crippen LogP contribution < -0.4 is 5.32 Å². The van der Waals surface area contributed by atoms with Crippen molar-refractivity contribution in [3.8, 4) is 0 Å². The molecule has 1 fully saturated rings. The molecule has 0 aromatic carbocycles. The molecule has 1 aromatic heterocycles. The number of rotatable bonds is 6. The molecule has 0 amide bonds. The van der Waals surface area contributed by atoms with Crippen LogP contribution in [0.2, 0.25) is 0 Å². The van der Waals surface area contributed by atoms with E-state index in [4.69, 9.17) is 4.74 Å². The minimum Gasteiger partial charge on any atom is -0.465 e. The van der Waals surface area contributed by atoms with Crippen molar-refractivity contribution in [2.24, 2.45) is 0 Å². The van der Waals surface area contributed by atoms with E-state index in [1.54, 1.807) is 6.92 Å². The van der Waals surface area contributed by atoms with Crippen molar-refractivity contribution >= 4 is 34.2 Å². The van der Waals surface area contributed by atoms with Gasteiger partial charge in [-0.15, -0.1) is 10.2 Å². The highest BCUT2D eigenvalue weighted by Crippen LogP contribution is 2.32. The van der Waals surface area contributed by atoms with Gasteiger partial charge in [0.1, 0.15) is 5.25 Å². The van der Waals surface area contributed by atoms with Gasteiger partial charge >= 0.3 is 5.97 Å². The summed E-state index contributed by atoms with van der Waals surface area (Å²) in [6.07, 6.45) is 2.42. The highest BCUT2D eigenvalue weighted by atomic mass is 32.2. The largest absolute Gasteiger partial charge is 0.465 e. The SMILES string of the molecule is CCOC(=O)C(C)Sc1nnc(NC2CC2)s1. The maximum absolute atomic E-state index is 11.4. The summed E-state index contributed by atoms with van der Waals surface area (Å²) >= 11 is 2.88. The summed E-state index contributed by atoms with van der Waals surface area (Å²) < 4.78 is 5.74. The Morgan fingerprint density at radius 3 is 3.06 bits per heavy atom. The van der Waals surface area contributed by atoms with Crippen LogP contribution in [0.4, 0.5) is 5.13 Å². The van der Waals surface area contributed by atoms with Gasteiger partial charge in [0.25, 0.3) is 0 Å². The molecule has 0 spiro atoms. The zero-order valence-corrected chi connectivity index (χ0v) is 11.4. The lowest BCUT2D eigenvalue weighted by atomic mass is 10.5. The molecule has 5 nitrogen and oxygen atoms in total. The first-order valence-corrected chi connectivity index (χ1v) is 7.32. The van der Waals surface area contributed by atoms with Crippen LogP contribution in [0.1, 0.15) is 26.7 Å². The van der Waals surface area contributed by atoms with Crippen LogP contribution in [0.5, 0.6) is 0 Å². The van der Waals surface area contributed by atoms with Crippen molar-refractivity contribution in [3.05, 3.63) is 0 Å². The smallest absolute Gasteiger partial charge is 0.319 e. The quantitative estimate of drug-likeness (QED) is 0.633. The number of carbonyl (C=O) groups is 1. The molecule has 17 heavy (non-hydrogen) atoms. The Kier molecular flexibility index (Phi) is 4.22. The molecular formula is C10H15N3O2S2. The van der Waals surface area contributed by atoms with Gasteiger partial charge in [0.2, 0.25) is 5.13 Å².